The van der Waals surface area contributed by atoms with E-state index in [2.05, 4.69) is 5.32 Å². The number of nitrogens with zero attached hydrogens (tertiary/aromatic N) is 2. The molecule has 9 nitrogen and oxygen atoms in total. The first-order valence-corrected chi connectivity index (χ1v) is 8.19. The van der Waals surface area contributed by atoms with Gasteiger partial charge in [-0.1, -0.05) is 19.8 Å². The maximum Gasteiger partial charge on any atom is 0.302 e. The van der Waals surface area contributed by atoms with Gasteiger partial charge < -0.3 is 15.5 Å². The predicted molar refractivity (Wildman–Crippen MR) is 91.5 cm³/mol. The minimum absolute atomic E-state index is 0.146. The molecule has 0 bridgehead atoms. The van der Waals surface area contributed by atoms with Crippen LogP contribution in [0.3, 0.4) is 0 Å². The molecule has 1 saturated carbocycles. The Morgan fingerprint density at radius 2 is 2.00 bits per heavy atom. The summed E-state index contributed by atoms with van der Waals surface area (Å²) in [6, 6.07) is 1.16. The monoisotopic (exact) mass is 353 g/mol. The van der Waals surface area contributed by atoms with Crippen molar-refractivity contribution in [2.75, 3.05) is 11.9 Å². The Kier molecular flexibility index (Phi) is 5.58. The molecule has 138 valence electrons. The fourth-order valence-electron chi connectivity index (χ4n) is 3.40. The van der Waals surface area contributed by atoms with Gasteiger partial charge in [0.05, 0.1) is 22.6 Å². The van der Waals surface area contributed by atoms with Gasteiger partial charge in [0, 0.05) is 23.6 Å². The first kappa shape index (κ1) is 19.1. The standard InChI is InChI=1S/C16H23N3O6/c1-10-11(8-20)7-12(18(22)23)14(15(10)19(24)25)17-9-16(2)6-4-3-5-13(16)21/h7,13,17,20-21H,3-6,8-9H2,1-2H3. The summed E-state index contributed by atoms with van der Waals surface area (Å²) in [5.41, 5.74) is -1.21. The number of nitro benzene ring substituents is 2. The Balaban J connectivity index is 2.46. The fraction of sp³-hybridized carbons (Fsp3) is 0.625. The molecule has 25 heavy (non-hydrogen) atoms. The SMILES string of the molecule is Cc1c(CO)cc([N+](=O)[O-])c(NCC2(C)CCCCC2O)c1[N+](=O)[O-]. The minimum Gasteiger partial charge on any atom is -0.392 e. The third kappa shape index (κ3) is 3.72. The summed E-state index contributed by atoms with van der Waals surface area (Å²) in [5.74, 6) is 0. The molecular formula is C16H23N3O6. The molecule has 0 heterocycles. The van der Waals surface area contributed by atoms with Crippen LogP contribution in [0, 0.1) is 32.6 Å². The molecule has 0 aromatic heterocycles. The van der Waals surface area contributed by atoms with Gasteiger partial charge in [0.1, 0.15) is 0 Å². The van der Waals surface area contributed by atoms with Gasteiger partial charge in [-0.15, -0.1) is 0 Å². The Morgan fingerprint density at radius 1 is 1.32 bits per heavy atom. The summed E-state index contributed by atoms with van der Waals surface area (Å²) in [7, 11) is 0. The molecular weight excluding hydrogens is 330 g/mol. The van der Waals surface area contributed by atoms with Crippen LogP contribution in [0.15, 0.2) is 6.07 Å². The second-order valence-corrected chi connectivity index (χ2v) is 6.84. The molecule has 2 unspecified atom stereocenters. The summed E-state index contributed by atoms with van der Waals surface area (Å²) in [6.07, 6.45) is 2.66. The van der Waals surface area contributed by atoms with E-state index in [1.54, 1.807) is 0 Å². The minimum atomic E-state index is -0.701. The number of hydrogen-bond acceptors (Lipinski definition) is 7. The van der Waals surface area contributed by atoms with E-state index >= 15 is 0 Å². The van der Waals surface area contributed by atoms with Crippen LogP contribution in [0.25, 0.3) is 0 Å². The van der Waals surface area contributed by atoms with Crippen molar-refractivity contribution in [3.8, 4) is 0 Å². The van der Waals surface area contributed by atoms with Gasteiger partial charge in [-0.05, 0) is 25.3 Å². The first-order valence-electron chi connectivity index (χ1n) is 8.19. The number of benzene rings is 1. The number of aliphatic hydroxyl groups excluding tert-OH is 2. The zero-order valence-electron chi connectivity index (χ0n) is 14.3. The van der Waals surface area contributed by atoms with Crippen molar-refractivity contribution in [2.45, 2.75) is 52.2 Å². The van der Waals surface area contributed by atoms with Gasteiger partial charge in [-0.25, -0.2) is 0 Å². The summed E-state index contributed by atoms with van der Waals surface area (Å²) in [5, 5.41) is 45.3. The Labute approximate surface area is 145 Å². The van der Waals surface area contributed by atoms with Gasteiger partial charge in [0.15, 0.2) is 5.69 Å². The lowest BCUT2D eigenvalue weighted by Gasteiger charge is -2.38. The lowest BCUT2D eigenvalue weighted by atomic mass is 9.73. The van der Waals surface area contributed by atoms with E-state index in [9.17, 15) is 30.4 Å². The van der Waals surface area contributed by atoms with Gasteiger partial charge in [-0.3, -0.25) is 20.2 Å². The molecule has 9 heteroatoms. The van der Waals surface area contributed by atoms with Crippen molar-refractivity contribution in [3.63, 3.8) is 0 Å². The zero-order valence-corrected chi connectivity index (χ0v) is 14.3. The Morgan fingerprint density at radius 3 is 2.52 bits per heavy atom. The first-order chi connectivity index (χ1) is 11.7. The quantitative estimate of drug-likeness (QED) is 0.527. The van der Waals surface area contributed by atoms with Crippen molar-refractivity contribution in [1.82, 2.24) is 0 Å². The second-order valence-electron chi connectivity index (χ2n) is 6.84. The molecule has 1 aromatic rings. The fourth-order valence-corrected chi connectivity index (χ4v) is 3.40. The van der Waals surface area contributed by atoms with Crippen LogP contribution in [0.1, 0.15) is 43.7 Å². The van der Waals surface area contributed by atoms with E-state index in [4.69, 9.17) is 0 Å². The Hall–Kier alpha value is -2.26. The molecule has 2 rings (SSSR count). The maximum absolute atomic E-state index is 11.5. The smallest absolute Gasteiger partial charge is 0.302 e. The van der Waals surface area contributed by atoms with E-state index in [1.807, 2.05) is 6.92 Å². The van der Waals surface area contributed by atoms with Crippen LogP contribution in [-0.2, 0) is 6.61 Å². The summed E-state index contributed by atoms with van der Waals surface area (Å²) in [4.78, 5) is 21.5. The highest BCUT2D eigenvalue weighted by molar-refractivity contribution is 5.77. The van der Waals surface area contributed by atoms with E-state index in [1.165, 1.54) is 6.92 Å². The van der Waals surface area contributed by atoms with Crippen LogP contribution < -0.4 is 5.32 Å². The van der Waals surface area contributed by atoms with Crippen LogP contribution in [-0.4, -0.2) is 32.7 Å². The van der Waals surface area contributed by atoms with Crippen molar-refractivity contribution in [1.29, 1.82) is 0 Å². The molecule has 2 atom stereocenters. The number of aliphatic hydroxyl groups is 2. The number of nitrogens with one attached hydrogen (secondary N) is 1. The van der Waals surface area contributed by atoms with Crippen LogP contribution in [0.5, 0.6) is 0 Å². The number of rotatable bonds is 6. The van der Waals surface area contributed by atoms with E-state index in [0.717, 1.165) is 25.3 Å². The summed E-state index contributed by atoms with van der Waals surface area (Å²) < 4.78 is 0. The third-order valence-electron chi connectivity index (χ3n) is 5.14. The average molecular weight is 353 g/mol. The van der Waals surface area contributed by atoms with Gasteiger partial charge in [0.2, 0.25) is 0 Å². The summed E-state index contributed by atoms with van der Waals surface area (Å²) >= 11 is 0. The molecule has 0 radical (unpaired) electrons. The molecule has 3 N–H and O–H groups in total. The van der Waals surface area contributed by atoms with Crippen molar-refractivity contribution in [2.24, 2.45) is 5.41 Å². The highest BCUT2D eigenvalue weighted by Gasteiger charge is 2.37. The predicted octanol–water partition coefficient (Wildman–Crippen LogP) is 2.66. The molecule has 1 aliphatic carbocycles. The third-order valence-corrected chi connectivity index (χ3v) is 5.14. The van der Waals surface area contributed by atoms with Gasteiger partial charge in [0.25, 0.3) is 5.69 Å². The van der Waals surface area contributed by atoms with E-state index in [0.29, 0.717) is 6.42 Å². The van der Waals surface area contributed by atoms with Crippen molar-refractivity contribution < 1.29 is 20.1 Å². The van der Waals surface area contributed by atoms with E-state index < -0.39 is 39.3 Å². The highest BCUT2D eigenvalue weighted by atomic mass is 16.6. The lowest BCUT2D eigenvalue weighted by Crippen LogP contribution is -2.41. The zero-order chi connectivity index (χ0) is 18.8. The molecule has 1 aromatic carbocycles. The van der Waals surface area contributed by atoms with Crippen molar-refractivity contribution >= 4 is 17.1 Å². The van der Waals surface area contributed by atoms with Gasteiger partial charge in [-0.2, -0.15) is 0 Å². The molecule has 1 aliphatic rings. The maximum atomic E-state index is 11.5. The Bertz CT molecular complexity index is 693. The van der Waals surface area contributed by atoms with Gasteiger partial charge >= 0.3 is 5.69 Å². The largest absolute Gasteiger partial charge is 0.392 e. The molecule has 0 saturated heterocycles. The van der Waals surface area contributed by atoms with E-state index in [-0.39, 0.29) is 23.4 Å². The summed E-state index contributed by atoms with van der Waals surface area (Å²) in [6.45, 7) is 2.99. The topological polar surface area (TPSA) is 139 Å². The second kappa shape index (κ2) is 7.32. The highest BCUT2D eigenvalue weighted by Crippen LogP contribution is 2.42. The number of nitro groups is 2. The molecule has 0 aliphatic heterocycles. The normalized spacial score (nSPS) is 23.3. The molecule has 0 amide bonds. The number of anilines is 1. The lowest BCUT2D eigenvalue weighted by molar-refractivity contribution is -0.392. The van der Waals surface area contributed by atoms with Crippen LogP contribution in [0.4, 0.5) is 17.1 Å². The van der Waals surface area contributed by atoms with Crippen molar-refractivity contribution in [3.05, 3.63) is 37.4 Å². The average Bonchev–Trinajstić information content (AvgIpc) is 2.55. The molecule has 0 spiro atoms. The number of hydrogen-bond donors (Lipinski definition) is 3. The molecule has 1 fully saturated rings. The van der Waals surface area contributed by atoms with Crippen LogP contribution >= 0.6 is 0 Å². The van der Waals surface area contributed by atoms with Crippen LogP contribution in [0.2, 0.25) is 0 Å².